The van der Waals surface area contributed by atoms with Crippen molar-refractivity contribution in [3.63, 3.8) is 0 Å². The molecular weight excluding hydrogens is 404 g/mol. The van der Waals surface area contributed by atoms with Crippen LogP contribution in [-0.4, -0.2) is 64.6 Å². The highest BCUT2D eigenvalue weighted by molar-refractivity contribution is 7.91. The molecular formula is C22H28N2O5S. The average molecular weight is 433 g/mol. The van der Waals surface area contributed by atoms with Gasteiger partial charge in [0, 0.05) is 32.4 Å². The minimum absolute atomic E-state index is 0.00292. The smallest absolute Gasteiger partial charge is 0.261 e. The molecule has 7 nitrogen and oxygen atoms in total. The molecule has 3 rings (SSSR count). The van der Waals surface area contributed by atoms with Crippen molar-refractivity contribution in [3.05, 3.63) is 54.1 Å². The van der Waals surface area contributed by atoms with Gasteiger partial charge >= 0.3 is 0 Å². The molecule has 1 aliphatic rings. The number of carbonyl (C=O) groups is 1. The zero-order valence-electron chi connectivity index (χ0n) is 17.6. The summed E-state index contributed by atoms with van der Waals surface area (Å²) in [6.45, 7) is 0.192. The Labute approximate surface area is 178 Å². The predicted octanol–water partition coefficient (Wildman–Crippen LogP) is 2.36. The summed E-state index contributed by atoms with van der Waals surface area (Å²) in [6.07, 6.45) is 0.451. The van der Waals surface area contributed by atoms with Gasteiger partial charge in [-0.05, 0) is 48.4 Å². The van der Waals surface area contributed by atoms with Crippen molar-refractivity contribution in [2.45, 2.75) is 19.0 Å². The van der Waals surface area contributed by atoms with Crippen LogP contribution in [0.1, 0.15) is 12.0 Å². The molecule has 0 N–H and O–H groups in total. The predicted molar refractivity (Wildman–Crippen MR) is 117 cm³/mol. The van der Waals surface area contributed by atoms with Crippen molar-refractivity contribution in [2.75, 3.05) is 44.2 Å². The van der Waals surface area contributed by atoms with Gasteiger partial charge in [0.2, 0.25) is 0 Å². The van der Waals surface area contributed by atoms with Crippen LogP contribution in [0.5, 0.6) is 11.5 Å². The fourth-order valence-corrected chi connectivity index (χ4v) is 5.17. The molecule has 0 unspecified atom stereocenters. The summed E-state index contributed by atoms with van der Waals surface area (Å²) in [5.74, 6) is 1.13. The van der Waals surface area contributed by atoms with Crippen LogP contribution in [0.3, 0.4) is 0 Å². The van der Waals surface area contributed by atoms with Crippen LogP contribution in [0.25, 0.3) is 0 Å². The molecule has 1 amide bonds. The fourth-order valence-electron chi connectivity index (χ4n) is 3.44. The maximum absolute atomic E-state index is 13.0. The van der Waals surface area contributed by atoms with Crippen molar-refractivity contribution in [3.8, 4) is 11.5 Å². The lowest BCUT2D eigenvalue weighted by molar-refractivity contribution is -0.136. The molecule has 1 fully saturated rings. The normalized spacial score (nSPS) is 17.4. The van der Waals surface area contributed by atoms with Crippen LogP contribution in [0.4, 0.5) is 5.69 Å². The maximum atomic E-state index is 13.0. The first-order valence-corrected chi connectivity index (χ1v) is 11.6. The first-order valence-electron chi connectivity index (χ1n) is 9.80. The van der Waals surface area contributed by atoms with E-state index in [2.05, 4.69) is 0 Å². The summed E-state index contributed by atoms with van der Waals surface area (Å²) in [7, 11) is 2.39. The summed E-state index contributed by atoms with van der Waals surface area (Å²) in [5.41, 5.74) is 2.01. The van der Waals surface area contributed by atoms with Crippen LogP contribution in [0.2, 0.25) is 0 Å². The van der Waals surface area contributed by atoms with Gasteiger partial charge in [0.1, 0.15) is 11.5 Å². The van der Waals surface area contributed by atoms with Crippen LogP contribution in [0.15, 0.2) is 48.5 Å². The Bertz CT molecular complexity index is 956. The molecule has 0 radical (unpaired) electrons. The number of hydrogen-bond donors (Lipinski definition) is 0. The van der Waals surface area contributed by atoms with E-state index in [0.29, 0.717) is 24.5 Å². The lowest BCUT2D eigenvalue weighted by Gasteiger charge is -2.28. The maximum Gasteiger partial charge on any atom is 0.261 e. The number of benzene rings is 2. The Hall–Kier alpha value is -2.74. The van der Waals surface area contributed by atoms with E-state index in [9.17, 15) is 13.2 Å². The van der Waals surface area contributed by atoms with Crippen molar-refractivity contribution in [1.29, 1.82) is 0 Å². The molecule has 0 spiro atoms. The molecule has 1 saturated heterocycles. The molecule has 0 aromatic heterocycles. The van der Waals surface area contributed by atoms with Crippen LogP contribution >= 0.6 is 0 Å². The number of hydrogen-bond acceptors (Lipinski definition) is 6. The van der Waals surface area contributed by atoms with E-state index >= 15 is 0 Å². The molecule has 2 aromatic rings. The van der Waals surface area contributed by atoms with Gasteiger partial charge < -0.3 is 19.3 Å². The number of sulfone groups is 1. The second kappa shape index (κ2) is 9.38. The lowest BCUT2D eigenvalue weighted by atomic mass is 10.1. The molecule has 1 atom stereocenters. The highest BCUT2D eigenvalue weighted by Gasteiger charge is 2.34. The first kappa shape index (κ1) is 22.0. The second-order valence-electron chi connectivity index (χ2n) is 7.60. The number of ether oxygens (including phenoxy) is 2. The minimum atomic E-state index is -3.11. The lowest BCUT2D eigenvalue weighted by Crippen LogP contribution is -2.43. The van der Waals surface area contributed by atoms with Crippen molar-refractivity contribution >= 4 is 21.4 Å². The summed E-state index contributed by atoms with van der Waals surface area (Å²) in [5, 5.41) is 0. The zero-order valence-corrected chi connectivity index (χ0v) is 18.4. The summed E-state index contributed by atoms with van der Waals surface area (Å²) < 4.78 is 34.8. The van der Waals surface area contributed by atoms with E-state index in [0.717, 1.165) is 11.3 Å². The molecule has 0 aliphatic carbocycles. The van der Waals surface area contributed by atoms with E-state index < -0.39 is 9.84 Å². The Morgan fingerprint density at radius 2 is 1.67 bits per heavy atom. The molecule has 162 valence electrons. The molecule has 0 bridgehead atoms. The Morgan fingerprint density at radius 1 is 1.03 bits per heavy atom. The number of rotatable bonds is 8. The van der Waals surface area contributed by atoms with Gasteiger partial charge in [0.15, 0.2) is 16.4 Å². The van der Waals surface area contributed by atoms with E-state index in [1.807, 2.05) is 43.3 Å². The van der Waals surface area contributed by atoms with Crippen molar-refractivity contribution in [1.82, 2.24) is 4.90 Å². The zero-order chi connectivity index (χ0) is 21.7. The fraction of sp³-hybridized carbons (Fsp3) is 0.409. The highest BCUT2D eigenvalue weighted by atomic mass is 32.2. The number of methoxy groups -OCH3 is 1. The monoisotopic (exact) mass is 432 g/mol. The summed E-state index contributed by atoms with van der Waals surface area (Å²) in [4.78, 5) is 16.6. The van der Waals surface area contributed by atoms with E-state index in [-0.39, 0.29) is 30.1 Å². The van der Waals surface area contributed by atoms with Crippen LogP contribution in [0, 0.1) is 0 Å². The first-order chi connectivity index (χ1) is 14.3. The standard InChI is InChI=1S/C22H28N2O5S/c1-23(2)18-6-4-17(5-7-18)14-24(19-12-13-30(26,27)16-19)22(25)15-29-21-10-8-20(28-3)9-11-21/h4-11,19H,12-16H2,1-3H3/t19-/m1/s1. The summed E-state index contributed by atoms with van der Waals surface area (Å²) in [6, 6.07) is 14.5. The third-order valence-corrected chi connectivity index (χ3v) is 6.95. The van der Waals surface area contributed by atoms with Crippen molar-refractivity contribution < 1.29 is 22.7 Å². The van der Waals surface area contributed by atoms with E-state index in [1.165, 1.54) is 0 Å². The van der Waals surface area contributed by atoms with Gasteiger partial charge in [-0.3, -0.25) is 4.79 Å². The SMILES string of the molecule is COc1ccc(OCC(=O)N(Cc2ccc(N(C)C)cc2)[C@@H]2CCS(=O)(=O)C2)cc1. The molecule has 1 aliphatic heterocycles. The third-order valence-electron chi connectivity index (χ3n) is 5.20. The van der Waals surface area contributed by atoms with Gasteiger partial charge in [-0.2, -0.15) is 0 Å². The van der Waals surface area contributed by atoms with Gasteiger partial charge in [0.05, 0.1) is 18.6 Å². The van der Waals surface area contributed by atoms with Gasteiger partial charge in [-0.1, -0.05) is 12.1 Å². The molecule has 1 heterocycles. The van der Waals surface area contributed by atoms with Gasteiger partial charge in [-0.25, -0.2) is 8.42 Å². The van der Waals surface area contributed by atoms with Gasteiger partial charge in [0.25, 0.3) is 5.91 Å². The van der Waals surface area contributed by atoms with E-state index in [1.54, 1.807) is 36.3 Å². The second-order valence-corrected chi connectivity index (χ2v) is 9.83. The number of amides is 1. The average Bonchev–Trinajstić information content (AvgIpc) is 3.10. The van der Waals surface area contributed by atoms with Crippen LogP contribution in [-0.2, 0) is 21.2 Å². The van der Waals surface area contributed by atoms with Crippen LogP contribution < -0.4 is 14.4 Å². The molecule has 2 aromatic carbocycles. The molecule has 30 heavy (non-hydrogen) atoms. The highest BCUT2D eigenvalue weighted by Crippen LogP contribution is 2.22. The third kappa shape index (κ3) is 5.66. The number of nitrogens with zero attached hydrogens (tertiary/aromatic N) is 2. The number of anilines is 1. The van der Waals surface area contributed by atoms with E-state index in [4.69, 9.17) is 9.47 Å². The van der Waals surface area contributed by atoms with Crippen molar-refractivity contribution in [2.24, 2.45) is 0 Å². The topological polar surface area (TPSA) is 76.2 Å². The quantitative estimate of drug-likeness (QED) is 0.637. The van der Waals surface area contributed by atoms with Gasteiger partial charge in [-0.15, -0.1) is 0 Å². The summed E-state index contributed by atoms with van der Waals surface area (Å²) >= 11 is 0. The Kier molecular flexibility index (Phi) is 6.87. The Balaban J connectivity index is 1.72. The Morgan fingerprint density at radius 3 is 2.20 bits per heavy atom. The minimum Gasteiger partial charge on any atom is -0.497 e. The molecule has 0 saturated carbocycles. The largest absolute Gasteiger partial charge is 0.497 e. The molecule has 8 heteroatoms. The number of carbonyl (C=O) groups excluding carboxylic acids is 1.